The van der Waals surface area contributed by atoms with Crippen molar-refractivity contribution in [3.05, 3.63) is 29.8 Å². The molecule has 5 heteroatoms. The van der Waals surface area contributed by atoms with Crippen LogP contribution < -0.4 is 4.74 Å². The molecule has 1 N–H and O–H groups in total. The van der Waals surface area contributed by atoms with E-state index in [0.717, 1.165) is 6.54 Å². The van der Waals surface area contributed by atoms with Gasteiger partial charge in [0.15, 0.2) is 6.61 Å². The van der Waals surface area contributed by atoms with Gasteiger partial charge in [0.2, 0.25) is 0 Å². The molecule has 0 amide bonds. The lowest BCUT2D eigenvalue weighted by atomic mass is 10.2. The molecule has 0 bridgehead atoms. The summed E-state index contributed by atoms with van der Waals surface area (Å²) in [5.41, 5.74) is 1.24. The number of carboxylic acid groups (broad SMARTS) is 1. The van der Waals surface area contributed by atoms with Crippen molar-refractivity contribution in [2.24, 2.45) is 0 Å². The van der Waals surface area contributed by atoms with Gasteiger partial charge in [-0.3, -0.25) is 4.90 Å². The summed E-state index contributed by atoms with van der Waals surface area (Å²) >= 11 is 0. The van der Waals surface area contributed by atoms with Crippen LogP contribution in [-0.2, 0) is 11.3 Å². The number of hydrogen-bond donors (Lipinski definition) is 1. The highest BCUT2D eigenvalue weighted by Crippen LogP contribution is 2.16. The predicted octanol–water partition coefficient (Wildman–Crippen LogP) is 2.17. The fraction of sp³-hybridized carbons (Fsp3) is 0.462. The lowest BCUT2D eigenvalue weighted by Crippen LogP contribution is -2.18. The molecule has 1 aliphatic rings. The summed E-state index contributed by atoms with van der Waals surface area (Å²) in [6, 6.07) is 7.65. The first kappa shape index (κ1) is 14.8. The van der Waals surface area contributed by atoms with Crippen molar-refractivity contribution in [1.82, 2.24) is 4.90 Å². The molecule has 100 valence electrons. The van der Waals surface area contributed by atoms with Gasteiger partial charge in [-0.05, 0) is 43.6 Å². The van der Waals surface area contributed by atoms with Crippen molar-refractivity contribution in [2.45, 2.75) is 19.4 Å². The molecule has 0 aliphatic carbocycles. The van der Waals surface area contributed by atoms with Crippen LogP contribution in [0.2, 0.25) is 0 Å². The Labute approximate surface area is 113 Å². The van der Waals surface area contributed by atoms with Gasteiger partial charge < -0.3 is 9.84 Å². The Morgan fingerprint density at radius 3 is 2.39 bits per heavy atom. The van der Waals surface area contributed by atoms with E-state index >= 15 is 0 Å². The van der Waals surface area contributed by atoms with Crippen LogP contribution in [-0.4, -0.2) is 35.7 Å². The highest BCUT2D eigenvalue weighted by molar-refractivity contribution is 5.85. The fourth-order valence-corrected chi connectivity index (χ4v) is 2.04. The third-order valence-electron chi connectivity index (χ3n) is 2.89. The number of rotatable bonds is 5. The SMILES string of the molecule is Cl.O=C(O)COc1ccc(CN2CCCC2)cc1. The van der Waals surface area contributed by atoms with Crippen LogP contribution in [0, 0.1) is 0 Å². The molecule has 1 fully saturated rings. The van der Waals surface area contributed by atoms with E-state index in [1.807, 2.05) is 24.3 Å². The molecule has 1 saturated heterocycles. The number of ether oxygens (including phenoxy) is 1. The summed E-state index contributed by atoms with van der Waals surface area (Å²) in [6.07, 6.45) is 2.58. The molecule has 0 atom stereocenters. The van der Waals surface area contributed by atoms with Gasteiger partial charge in [-0.2, -0.15) is 0 Å². The quantitative estimate of drug-likeness (QED) is 0.892. The van der Waals surface area contributed by atoms with E-state index in [4.69, 9.17) is 9.84 Å². The van der Waals surface area contributed by atoms with Crippen LogP contribution >= 0.6 is 12.4 Å². The first-order valence-electron chi connectivity index (χ1n) is 5.90. The van der Waals surface area contributed by atoms with Crippen molar-refractivity contribution in [1.29, 1.82) is 0 Å². The summed E-state index contributed by atoms with van der Waals surface area (Å²) in [5, 5.41) is 8.49. The van der Waals surface area contributed by atoms with E-state index in [1.54, 1.807) is 0 Å². The lowest BCUT2D eigenvalue weighted by Gasteiger charge is -2.14. The molecule has 2 rings (SSSR count). The highest BCUT2D eigenvalue weighted by atomic mass is 35.5. The third-order valence-corrected chi connectivity index (χ3v) is 2.89. The zero-order valence-corrected chi connectivity index (χ0v) is 11.0. The topological polar surface area (TPSA) is 49.8 Å². The number of carboxylic acids is 1. The van der Waals surface area contributed by atoms with Crippen molar-refractivity contribution >= 4 is 18.4 Å². The molecular formula is C13H18ClNO3. The molecule has 1 aromatic rings. The maximum absolute atomic E-state index is 10.3. The summed E-state index contributed by atoms with van der Waals surface area (Å²) in [6.45, 7) is 3.04. The molecule has 1 aromatic carbocycles. The first-order chi connectivity index (χ1) is 8.24. The average Bonchev–Trinajstić information content (AvgIpc) is 2.81. The molecule has 0 unspecified atom stereocenters. The molecule has 4 nitrogen and oxygen atoms in total. The van der Waals surface area contributed by atoms with Gasteiger partial charge in [0.1, 0.15) is 5.75 Å². The Kier molecular flexibility index (Phi) is 5.95. The molecule has 0 radical (unpaired) electrons. The Hall–Kier alpha value is -1.26. The minimum Gasteiger partial charge on any atom is -0.482 e. The average molecular weight is 272 g/mol. The summed E-state index contributed by atoms with van der Waals surface area (Å²) in [4.78, 5) is 12.8. The first-order valence-corrected chi connectivity index (χ1v) is 5.90. The van der Waals surface area contributed by atoms with Gasteiger partial charge in [0.05, 0.1) is 0 Å². The van der Waals surface area contributed by atoms with Crippen molar-refractivity contribution in [3.8, 4) is 5.75 Å². The molecule has 18 heavy (non-hydrogen) atoms. The van der Waals surface area contributed by atoms with Crippen molar-refractivity contribution in [2.75, 3.05) is 19.7 Å². The molecule has 1 heterocycles. The van der Waals surface area contributed by atoms with E-state index in [1.165, 1.54) is 31.5 Å². The van der Waals surface area contributed by atoms with E-state index in [2.05, 4.69) is 4.90 Å². The minimum absolute atomic E-state index is 0. The third kappa shape index (κ3) is 4.55. The van der Waals surface area contributed by atoms with E-state index < -0.39 is 5.97 Å². The number of halogens is 1. The Morgan fingerprint density at radius 2 is 1.83 bits per heavy atom. The second-order valence-electron chi connectivity index (χ2n) is 4.31. The van der Waals surface area contributed by atoms with E-state index in [0.29, 0.717) is 5.75 Å². The highest BCUT2D eigenvalue weighted by Gasteiger charge is 2.11. The van der Waals surface area contributed by atoms with Crippen molar-refractivity contribution in [3.63, 3.8) is 0 Å². The number of nitrogens with zero attached hydrogens (tertiary/aromatic N) is 1. The molecule has 0 spiro atoms. The van der Waals surface area contributed by atoms with Crippen LogP contribution in [0.1, 0.15) is 18.4 Å². The second-order valence-corrected chi connectivity index (χ2v) is 4.31. The van der Waals surface area contributed by atoms with Crippen LogP contribution in [0.5, 0.6) is 5.75 Å². The molecular weight excluding hydrogens is 254 g/mol. The van der Waals surface area contributed by atoms with Gasteiger partial charge in [0, 0.05) is 6.54 Å². The Bertz CT molecular complexity index is 374. The maximum Gasteiger partial charge on any atom is 0.341 e. The smallest absolute Gasteiger partial charge is 0.341 e. The van der Waals surface area contributed by atoms with Crippen LogP contribution in [0.15, 0.2) is 24.3 Å². The Morgan fingerprint density at radius 1 is 1.22 bits per heavy atom. The zero-order valence-electron chi connectivity index (χ0n) is 10.2. The Balaban J connectivity index is 0.00000162. The van der Waals surface area contributed by atoms with Gasteiger partial charge >= 0.3 is 5.97 Å². The second kappa shape index (κ2) is 7.24. The van der Waals surface area contributed by atoms with E-state index in [-0.39, 0.29) is 19.0 Å². The van der Waals surface area contributed by atoms with Gasteiger partial charge in [-0.25, -0.2) is 4.79 Å². The normalized spacial score (nSPS) is 15.1. The number of carbonyl (C=O) groups is 1. The number of benzene rings is 1. The summed E-state index contributed by atoms with van der Waals surface area (Å²) < 4.78 is 5.08. The summed E-state index contributed by atoms with van der Waals surface area (Å²) in [5.74, 6) is -0.344. The van der Waals surface area contributed by atoms with Gasteiger partial charge in [-0.1, -0.05) is 12.1 Å². The number of likely N-dealkylation sites (tertiary alicyclic amines) is 1. The summed E-state index contributed by atoms with van der Waals surface area (Å²) in [7, 11) is 0. The van der Waals surface area contributed by atoms with Crippen LogP contribution in [0.25, 0.3) is 0 Å². The van der Waals surface area contributed by atoms with Crippen LogP contribution in [0.3, 0.4) is 0 Å². The largest absolute Gasteiger partial charge is 0.482 e. The van der Waals surface area contributed by atoms with E-state index in [9.17, 15) is 4.79 Å². The lowest BCUT2D eigenvalue weighted by molar-refractivity contribution is -0.139. The monoisotopic (exact) mass is 271 g/mol. The maximum atomic E-state index is 10.3. The van der Waals surface area contributed by atoms with Gasteiger partial charge in [0.25, 0.3) is 0 Å². The van der Waals surface area contributed by atoms with Gasteiger partial charge in [-0.15, -0.1) is 12.4 Å². The van der Waals surface area contributed by atoms with Crippen LogP contribution in [0.4, 0.5) is 0 Å². The molecule has 0 aromatic heterocycles. The molecule has 1 aliphatic heterocycles. The van der Waals surface area contributed by atoms with Crippen molar-refractivity contribution < 1.29 is 14.6 Å². The predicted molar refractivity (Wildman–Crippen MR) is 71.3 cm³/mol. The molecule has 0 saturated carbocycles. The minimum atomic E-state index is -0.953. The standard InChI is InChI=1S/C13H17NO3.ClH/c15-13(16)10-17-12-5-3-11(4-6-12)9-14-7-1-2-8-14;/h3-6H,1-2,7-10H2,(H,15,16);1H. The zero-order chi connectivity index (χ0) is 12.1. The fourth-order valence-electron chi connectivity index (χ4n) is 2.04. The number of aliphatic carboxylic acids is 1. The number of hydrogen-bond acceptors (Lipinski definition) is 3.